The van der Waals surface area contributed by atoms with Gasteiger partial charge in [0, 0.05) is 18.2 Å². The van der Waals surface area contributed by atoms with Crippen molar-refractivity contribution >= 4 is 40.9 Å². The van der Waals surface area contributed by atoms with E-state index in [9.17, 15) is 14.4 Å². The number of carbonyl (C=O) groups excluding carboxylic acids is 1. The highest BCUT2D eigenvalue weighted by molar-refractivity contribution is 7.80. The molecule has 1 aromatic rings. The molecule has 1 amide bonds. The molecule has 0 saturated heterocycles. The van der Waals surface area contributed by atoms with E-state index in [-0.39, 0.29) is 34.8 Å². The topological polar surface area (TPSA) is 165 Å². The first-order valence-corrected chi connectivity index (χ1v) is 6.73. The molecule has 1 unspecified atom stereocenters. The molecule has 0 aliphatic rings. The summed E-state index contributed by atoms with van der Waals surface area (Å²) in [6.45, 7) is 0. The van der Waals surface area contributed by atoms with Crippen molar-refractivity contribution in [3.63, 3.8) is 0 Å². The van der Waals surface area contributed by atoms with Crippen molar-refractivity contribution in [2.24, 2.45) is 5.73 Å². The first-order chi connectivity index (χ1) is 10.7. The normalized spacial score (nSPS) is 11.3. The fraction of sp³-hybridized carbons (Fsp3) is 0.231. The Bertz CT molecular complexity index is 649. The van der Waals surface area contributed by atoms with E-state index in [1.165, 1.54) is 12.1 Å². The number of anilines is 1. The first-order valence-electron chi connectivity index (χ1n) is 6.33. The quantitative estimate of drug-likeness (QED) is 0.352. The van der Waals surface area contributed by atoms with Gasteiger partial charge in [0.25, 0.3) is 0 Å². The van der Waals surface area contributed by atoms with E-state index in [1.807, 2.05) is 0 Å². The number of nitrogen functional groups attached to an aromatic ring is 1. The number of hydrogen-bond acceptors (Lipinski definition) is 6. The van der Waals surface area contributed by atoms with Crippen molar-refractivity contribution < 1.29 is 29.3 Å². The van der Waals surface area contributed by atoms with Crippen molar-refractivity contribution in [2.75, 3.05) is 5.73 Å². The standard InChI is InChI=1S/C13H15N3O6S/c14-6-1-2-7(11(17)18)9(5-6)22-13(21)16-8(12(19)20)3-4-10(15)23/h1-2,5,8H,3-4,14H2,(H2,15,23)(H,16,21)(H,17,18)(H,19,20). The number of nitrogens with two attached hydrogens (primary N) is 2. The summed E-state index contributed by atoms with van der Waals surface area (Å²) in [5.74, 6) is -2.92. The third-order valence-electron chi connectivity index (χ3n) is 2.71. The van der Waals surface area contributed by atoms with Crippen LogP contribution in [0.25, 0.3) is 0 Å². The third-order valence-corrected chi connectivity index (χ3v) is 2.91. The second kappa shape index (κ2) is 7.94. The second-order valence-corrected chi connectivity index (χ2v) is 5.01. The zero-order valence-corrected chi connectivity index (χ0v) is 12.6. The molecule has 23 heavy (non-hydrogen) atoms. The van der Waals surface area contributed by atoms with E-state index < -0.39 is 24.1 Å². The zero-order chi connectivity index (χ0) is 17.6. The fourth-order valence-electron chi connectivity index (χ4n) is 1.62. The number of carboxylic acid groups (broad SMARTS) is 2. The van der Waals surface area contributed by atoms with Crippen LogP contribution < -0.4 is 21.5 Å². The lowest BCUT2D eigenvalue weighted by molar-refractivity contribution is -0.139. The number of aliphatic carboxylic acids is 1. The minimum Gasteiger partial charge on any atom is -0.480 e. The van der Waals surface area contributed by atoms with Crippen LogP contribution in [0.5, 0.6) is 5.75 Å². The van der Waals surface area contributed by atoms with Gasteiger partial charge < -0.3 is 31.7 Å². The van der Waals surface area contributed by atoms with Crippen LogP contribution in [0, 0.1) is 0 Å². The van der Waals surface area contributed by atoms with Crippen molar-refractivity contribution in [1.29, 1.82) is 0 Å². The van der Waals surface area contributed by atoms with Crippen LogP contribution in [0.4, 0.5) is 10.5 Å². The highest BCUT2D eigenvalue weighted by Crippen LogP contribution is 2.22. The number of benzene rings is 1. The van der Waals surface area contributed by atoms with Gasteiger partial charge in [-0.05, 0) is 18.6 Å². The Morgan fingerprint density at radius 3 is 2.48 bits per heavy atom. The Balaban J connectivity index is 2.82. The number of thiocarbonyl (C=S) groups is 1. The van der Waals surface area contributed by atoms with Crippen molar-refractivity contribution in [3.05, 3.63) is 23.8 Å². The largest absolute Gasteiger partial charge is 0.480 e. The van der Waals surface area contributed by atoms with Gasteiger partial charge in [-0.2, -0.15) is 0 Å². The molecule has 0 saturated carbocycles. The molecule has 0 heterocycles. The molecule has 1 aromatic carbocycles. The molecular formula is C13H15N3O6S. The van der Waals surface area contributed by atoms with Crippen molar-refractivity contribution in [1.82, 2.24) is 5.32 Å². The second-order valence-electron chi connectivity index (χ2n) is 4.49. The summed E-state index contributed by atoms with van der Waals surface area (Å²) in [4.78, 5) is 34.0. The maximum atomic E-state index is 11.8. The van der Waals surface area contributed by atoms with Gasteiger partial charge in [0.05, 0.1) is 4.99 Å². The highest BCUT2D eigenvalue weighted by Gasteiger charge is 2.22. The van der Waals surface area contributed by atoms with Gasteiger partial charge in [-0.3, -0.25) is 0 Å². The smallest absolute Gasteiger partial charge is 0.413 e. The molecule has 0 bridgehead atoms. The average Bonchev–Trinajstić information content (AvgIpc) is 2.42. The lowest BCUT2D eigenvalue weighted by Crippen LogP contribution is -2.42. The number of hydrogen-bond donors (Lipinski definition) is 5. The number of amides is 1. The van der Waals surface area contributed by atoms with Gasteiger partial charge in [0.2, 0.25) is 0 Å². The number of rotatable bonds is 7. The van der Waals surface area contributed by atoms with E-state index in [0.717, 1.165) is 6.07 Å². The number of carbonyl (C=O) groups is 3. The number of carboxylic acids is 2. The molecule has 9 nitrogen and oxygen atoms in total. The minimum atomic E-state index is -1.32. The van der Waals surface area contributed by atoms with Crippen LogP contribution in [0.15, 0.2) is 18.2 Å². The SMILES string of the molecule is NC(=S)CCC(NC(=O)Oc1cc(N)ccc1C(=O)O)C(=O)O. The molecule has 0 radical (unpaired) electrons. The molecule has 0 spiro atoms. The lowest BCUT2D eigenvalue weighted by Gasteiger charge is -2.15. The van der Waals surface area contributed by atoms with Gasteiger partial charge in [0.1, 0.15) is 17.4 Å². The summed E-state index contributed by atoms with van der Waals surface area (Å²) in [6, 6.07) is 2.37. The maximum Gasteiger partial charge on any atom is 0.413 e. The summed E-state index contributed by atoms with van der Waals surface area (Å²) in [5.41, 5.74) is 10.7. The Hall–Kier alpha value is -2.88. The Morgan fingerprint density at radius 2 is 1.96 bits per heavy atom. The maximum absolute atomic E-state index is 11.8. The Morgan fingerprint density at radius 1 is 1.30 bits per heavy atom. The van der Waals surface area contributed by atoms with Gasteiger partial charge in [-0.1, -0.05) is 12.2 Å². The Kier molecular flexibility index (Phi) is 6.27. The van der Waals surface area contributed by atoms with Crippen LogP contribution >= 0.6 is 12.2 Å². The van der Waals surface area contributed by atoms with Crippen LogP contribution in [0.1, 0.15) is 23.2 Å². The van der Waals surface area contributed by atoms with Crippen LogP contribution in [0.3, 0.4) is 0 Å². The van der Waals surface area contributed by atoms with Gasteiger partial charge >= 0.3 is 18.0 Å². The van der Waals surface area contributed by atoms with Gasteiger partial charge in [-0.25, -0.2) is 14.4 Å². The number of ether oxygens (including phenoxy) is 1. The molecule has 1 atom stereocenters. The highest BCUT2D eigenvalue weighted by atomic mass is 32.1. The molecule has 7 N–H and O–H groups in total. The minimum absolute atomic E-state index is 0.0253. The first kappa shape index (κ1) is 18.2. The monoisotopic (exact) mass is 341 g/mol. The van der Waals surface area contributed by atoms with Crippen LogP contribution in [-0.2, 0) is 4.79 Å². The molecule has 0 aliphatic heterocycles. The van der Waals surface area contributed by atoms with E-state index in [0.29, 0.717) is 0 Å². The molecule has 10 heteroatoms. The van der Waals surface area contributed by atoms with Gasteiger partial charge in [-0.15, -0.1) is 0 Å². The van der Waals surface area contributed by atoms with E-state index in [4.69, 9.17) is 26.4 Å². The molecule has 0 aliphatic carbocycles. The number of nitrogens with one attached hydrogen (secondary N) is 1. The van der Waals surface area contributed by atoms with E-state index in [1.54, 1.807) is 0 Å². The molecule has 124 valence electrons. The Labute approximate surface area is 136 Å². The van der Waals surface area contributed by atoms with Crippen molar-refractivity contribution in [2.45, 2.75) is 18.9 Å². The molecule has 1 rings (SSSR count). The van der Waals surface area contributed by atoms with Crippen LogP contribution in [-0.4, -0.2) is 39.3 Å². The lowest BCUT2D eigenvalue weighted by atomic mass is 10.1. The predicted octanol–water partition coefficient (Wildman–Crippen LogP) is 0.575. The van der Waals surface area contributed by atoms with Gasteiger partial charge in [0.15, 0.2) is 0 Å². The summed E-state index contributed by atoms with van der Waals surface area (Å²) in [5, 5.41) is 20.1. The van der Waals surface area contributed by atoms with E-state index >= 15 is 0 Å². The summed E-state index contributed by atoms with van der Waals surface area (Å²) < 4.78 is 4.84. The average molecular weight is 341 g/mol. The zero-order valence-electron chi connectivity index (χ0n) is 11.8. The third kappa shape index (κ3) is 5.79. The molecule has 0 fully saturated rings. The number of aromatic carboxylic acids is 1. The molecule has 0 aromatic heterocycles. The van der Waals surface area contributed by atoms with Crippen molar-refractivity contribution in [3.8, 4) is 5.75 Å². The summed E-state index contributed by atoms with van der Waals surface area (Å²) in [7, 11) is 0. The predicted molar refractivity (Wildman–Crippen MR) is 84.4 cm³/mol. The molecular weight excluding hydrogens is 326 g/mol. The summed E-state index contributed by atoms with van der Waals surface area (Å²) >= 11 is 4.64. The van der Waals surface area contributed by atoms with Crippen LogP contribution in [0.2, 0.25) is 0 Å². The van der Waals surface area contributed by atoms with E-state index in [2.05, 4.69) is 17.5 Å². The fourth-order valence-corrected chi connectivity index (χ4v) is 1.73. The summed E-state index contributed by atoms with van der Waals surface area (Å²) in [6.07, 6.45) is -1.04.